The molecule has 4 N–H and O–H groups in total. The van der Waals surface area contributed by atoms with E-state index in [9.17, 15) is 13.6 Å². The van der Waals surface area contributed by atoms with E-state index in [4.69, 9.17) is 10.5 Å². The second-order valence-corrected chi connectivity index (χ2v) is 7.97. The number of methoxy groups -OCH3 is 1. The summed E-state index contributed by atoms with van der Waals surface area (Å²) >= 11 is 0. The van der Waals surface area contributed by atoms with E-state index in [0.717, 1.165) is 11.6 Å². The van der Waals surface area contributed by atoms with Gasteiger partial charge in [0.15, 0.2) is 0 Å². The van der Waals surface area contributed by atoms with Gasteiger partial charge in [-0.05, 0) is 61.8 Å². The van der Waals surface area contributed by atoms with Crippen LogP contribution in [0.1, 0.15) is 24.2 Å². The quantitative estimate of drug-likeness (QED) is 0.396. The van der Waals surface area contributed by atoms with Crippen LogP contribution in [0.4, 0.5) is 14.5 Å². The molecule has 2 aromatic carbocycles. The molecule has 176 valence electrons. The summed E-state index contributed by atoms with van der Waals surface area (Å²) in [4.78, 5) is 23.8. The van der Waals surface area contributed by atoms with Crippen molar-refractivity contribution in [1.82, 2.24) is 20.3 Å². The average Bonchev–Trinajstić information content (AvgIpc) is 3.39. The van der Waals surface area contributed by atoms with E-state index in [-0.39, 0.29) is 5.56 Å². The Hall–Kier alpha value is -3.85. The minimum absolute atomic E-state index is 0.303. The molecule has 1 saturated heterocycles. The fraction of sp³-hybridized carbons (Fsp3) is 0.240. The zero-order valence-corrected chi connectivity index (χ0v) is 18.7. The molecule has 9 heteroatoms. The summed E-state index contributed by atoms with van der Waals surface area (Å²) in [5.74, 6) is -0.482. The molecule has 2 aromatic heterocycles. The second-order valence-electron chi connectivity index (χ2n) is 7.97. The molecular weight excluding hydrogens is 440 g/mol. The Labute approximate surface area is 195 Å². The summed E-state index contributed by atoms with van der Waals surface area (Å²) in [5.41, 5.74) is 8.00. The Bertz CT molecular complexity index is 1320. The highest BCUT2D eigenvalue weighted by Crippen LogP contribution is 2.25. The highest BCUT2D eigenvalue weighted by atomic mass is 19.1. The van der Waals surface area contributed by atoms with Crippen LogP contribution in [0.5, 0.6) is 5.75 Å². The minimum atomic E-state index is -0.667. The van der Waals surface area contributed by atoms with Gasteiger partial charge in [0.1, 0.15) is 23.2 Å². The first kappa shape index (κ1) is 23.3. The van der Waals surface area contributed by atoms with Gasteiger partial charge >= 0.3 is 0 Å². The summed E-state index contributed by atoms with van der Waals surface area (Å²) in [6.45, 7) is 2.50. The summed E-state index contributed by atoms with van der Waals surface area (Å²) in [7, 11) is 1.47. The number of nitrogens with two attached hydrogens (primary N) is 1. The molecular formula is C25H25F2N5O2. The number of pyridine rings is 1. The van der Waals surface area contributed by atoms with Crippen LogP contribution < -0.4 is 21.3 Å². The Morgan fingerprint density at radius 2 is 1.79 bits per heavy atom. The Balaban J connectivity index is 0.000000486. The summed E-state index contributed by atoms with van der Waals surface area (Å²) in [5, 5.41) is 3.60. The lowest BCUT2D eigenvalue weighted by molar-refractivity contribution is 0.417. The lowest BCUT2D eigenvalue weighted by Gasteiger charge is -2.08. The maximum absolute atomic E-state index is 13.4. The van der Waals surface area contributed by atoms with Crippen molar-refractivity contribution in [3.63, 3.8) is 0 Å². The smallest absolute Gasteiger partial charge is 0.258 e. The molecule has 0 atom stereocenters. The first-order valence-corrected chi connectivity index (χ1v) is 10.9. The number of hydrogen-bond donors (Lipinski definition) is 3. The number of hydrogen-bond acceptors (Lipinski definition) is 6. The molecule has 5 rings (SSSR count). The third-order valence-corrected chi connectivity index (χ3v) is 5.42. The number of nitrogens with zero attached hydrogens (tertiary/aromatic N) is 2. The first-order valence-electron chi connectivity index (χ1n) is 10.9. The molecule has 0 aliphatic carbocycles. The highest BCUT2D eigenvalue weighted by molar-refractivity contribution is 5.84. The van der Waals surface area contributed by atoms with Gasteiger partial charge in [0.05, 0.1) is 29.4 Å². The summed E-state index contributed by atoms with van der Waals surface area (Å²) < 4.78 is 31.9. The fourth-order valence-corrected chi connectivity index (χ4v) is 3.71. The molecule has 0 unspecified atom stereocenters. The summed E-state index contributed by atoms with van der Waals surface area (Å²) in [6, 6.07) is 9.80. The van der Waals surface area contributed by atoms with E-state index >= 15 is 0 Å². The van der Waals surface area contributed by atoms with E-state index in [1.54, 1.807) is 30.5 Å². The predicted octanol–water partition coefficient (Wildman–Crippen LogP) is 3.81. The standard InChI is InChI=1S/C21H16F2N4O2.C4H9N/c1-29-19-8-15-18(9-16(19)24)26-20(27-21(15)28)4-11-2-3-17(25-10-11)12-5-13(22)7-14(23)6-12;1-2-4-5-3-1/h2-3,5-10H,4,24H2,1H3,(H,26,27,28);5H,1-4H2. The Morgan fingerprint density at radius 3 is 2.38 bits per heavy atom. The zero-order chi connectivity index (χ0) is 24.1. The van der Waals surface area contributed by atoms with Crippen molar-refractivity contribution < 1.29 is 13.5 Å². The van der Waals surface area contributed by atoms with Gasteiger partial charge in [-0.25, -0.2) is 13.8 Å². The van der Waals surface area contributed by atoms with Gasteiger partial charge in [-0.1, -0.05) is 6.07 Å². The maximum Gasteiger partial charge on any atom is 0.258 e. The molecule has 0 spiro atoms. The van der Waals surface area contributed by atoms with Gasteiger partial charge in [0.25, 0.3) is 5.56 Å². The lowest BCUT2D eigenvalue weighted by Crippen LogP contribution is -2.13. The van der Waals surface area contributed by atoms with Crippen LogP contribution in [-0.4, -0.2) is 35.2 Å². The topological polar surface area (TPSA) is 106 Å². The van der Waals surface area contributed by atoms with Crippen LogP contribution in [-0.2, 0) is 6.42 Å². The van der Waals surface area contributed by atoms with E-state index in [0.29, 0.717) is 45.8 Å². The second kappa shape index (κ2) is 10.4. The van der Waals surface area contributed by atoms with Gasteiger partial charge < -0.3 is 20.8 Å². The van der Waals surface area contributed by atoms with Crippen molar-refractivity contribution in [1.29, 1.82) is 0 Å². The number of aromatic amines is 1. The number of benzene rings is 2. The minimum Gasteiger partial charge on any atom is -0.495 e. The first-order chi connectivity index (χ1) is 16.4. The third-order valence-electron chi connectivity index (χ3n) is 5.42. The van der Waals surface area contributed by atoms with Crippen LogP contribution in [0.25, 0.3) is 22.2 Å². The van der Waals surface area contributed by atoms with Gasteiger partial charge in [0, 0.05) is 24.2 Å². The van der Waals surface area contributed by atoms with E-state index < -0.39 is 11.6 Å². The van der Waals surface area contributed by atoms with Crippen molar-refractivity contribution in [3.8, 4) is 17.0 Å². The molecule has 3 heterocycles. The molecule has 7 nitrogen and oxygen atoms in total. The fourth-order valence-electron chi connectivity index (χ4n) is 3.71. The Kier molecular flexibility index (Phi) is 7.12. The normalized spacial score (nSPS) is 12.9. The van der Waals surface area contributed by atoms with E-state index in [2.05, 4.69) is 20.3 Å². The number of H-pyrrole nitrogens is 1. The average molecular weight is 466 g/mol. The monoisotopic (exact) mass is 465 g/mol. The van der Waals surface area contributed by atoms with Crippen LogP contribution in [0.2, 0.25) is 0 Å². The number of halogens is 2. The van der Waals surface area contributed by atoms with Crippen molar-refractivity contribution >= 4 is 16.6 Å². The van der Waals surface area contributed by atoms with Gasteiger partial charge in [-0.3, -0.25) is 9.78 Å². The molecule has 0 saturated carbocycles. The molecule has 4 aromatic rings. The Morgan fingerprint density at radius 1 is 1.06 bits per heavy atom. The highest BCUT2D eigenvalue weighted by Gasteiger charge is 2.10. The number of nitrogens with one attached hydrogen (secondary N) is 2. The molecule has 34 heavy (non-hydrogen) atoms. The van der Waals surface area contributed by atoms with Crippen molar-refractivity contribution in [2.75, 3.05) is 25.9 Å². The van der Waals surface area contributed by atoms with Crippen molar-refractivity contribution in [3.05, 3.63) is 82.0 Å². The molecule has 1 fully saturated rings. The molecule has 0 amide bonds. The van der Waals surface area contributed by atoms with E-state index in [1.807, 2.05) is 0 Å². The number of aromatic nitrogens is 3. The van der Waals surface area contributed by atoms with Crippen molar-refractivity contribution in [2.24, 2.45) is 0 Å². The molecule has 1 aliphatic heterocycles. The largest absolute Gasteiger partial charge is 0.495 e. The number of anilines is 1. The predicted molar refractivity (Wildman–Crippen MR) is 128 cm³/mol. The van der Waals surface area contributed by atoms with Crippen LogP contribution >= 0.6 is 0 Å². The van der Waals surface area contributed by atoms with Crippen molar-refractivity contribution in [2.45, 2.75) is 19.3 Å². The number of nitrogen functional groups attached to an aromatic ring is 1. The van der Waals surface area contributed by atoms with Gasteiger partial charge in [-0.2, -0.15) is 0 Å². The zero-order valence-electron chi connectivity index (χ0n) is 18.7. The van der Waals surface area contributed by atoms with E-state index in [1.165, 1.54) is 45.2 Å². The SMILES string of the molecule is C1CCNC1.COc1cc2c(=O)[nH]c(Cc3ccc(-c4cc(F)cc(F)c4)nc3)nc2cc1N. The maximum atomic E-state index is 13.4. The molecule has 0 radical (unpaired) electrons. The van der Waals surface area contributed by atoms with Crippen LogP contribution in [0.3, 0.4) is 0 Å². The summed E-state index contributed by atoms with van der Waals surface area (Å²) in [6.07, 6.45) is 4.67. The number of rotatable bonds is 4. The van der Waals surface area contributed by atoms with Gasteiger partial charge in [0.2, 0.25) is 0 Å². The third kappa shape index (κ3) is 5.55. The number of fused-ring (bicyclic) bond motifs is 1. The molecule has 0 bridgehead atoms. The number of ether oxygens (including phenoxy) is 1. The van der Waals surface area contributed by atoms with Gasteiger partial charge in [-0.15, -0.1) is 0 Å². The lowest BCUT2D eigenvalue weighted by atomic mass is 10.1. The van der Waals surface area contributed by atoms with Crippen LogP contribution in [0.15, 0.2) is 53.5 Å². The molecule has 1 aliphatic rings. The van der Waals surface area contributed by atoms with Crippen LogP contribution in [0, 0.1) is 11.6 Å².